The summed E-state index contributed by atoms with van der Waals surface area (Å²) >= 11 is 0. The van der Waals surface area contributed by atoms with Crippen molar-refractivity contribution in [1.82, 2.24) is 0 Å². The first-order valence-corrected chi connectivity index (χ1v) is 6.04. The molecule has 1 aliphatic carbocycles. The molecule has 0 radical (unpaired) electrons. The molecular formula is C13H26O. The molecule has 1 nitrogen and oxygen atoms in total. The van der Waals surface area contributed by atoms with Crippen LogP contribution < -0.4 is 0 Å². The second-order valence-electron chi connectivity index (χ2n) is 6.16. The van der Waals surface area contributed by atoms with Gasteiger partial charge in [0.05, 0.1) is 11.7 Å². The lowest BCUT2D eigenvalue weighted by atomic mass is 9.96. The van der Waals surface area contributed by atoms with Crippen molar-refractivity contribution in [3.8, 4) is 0 Å². The fourth-order valence-electron chi connectivity index (χ4n) is 2.52. The first-order valence-electron chi connectivity index (χ1n) is 6.04. The summed E-state index contributed by atoms with van der Waals surface area (Å²) in [7, 11) is 0. The van der Waals surface area contributed by atoms with Gasteiger partial charge in [-0.05, 0) is 58.3 Å². The Morgan fingerprint density at radius 2 is 1.86 bits per heavy atom. The molecule has 0 aromatic rings. The van der Waals surface area contributed by atoms with Crippen LogP contribution in [0.2, 0.25) is 0 Å². The Morgan fingerprint density at radius 1 is 1.21 bits per heavy atom. The minimum Gasteiger partial charge on any atom is -0.373 e. The average Bonchev–Trinajstić information content (AvgIpc) is 2.30. The summed E-state index contributed by atoms with van der Waals surface area (Å²) in [6.45, 7) is 11.1. The predicted molar refractivity (Wildman–Crippen MR) is 61.4 cm³/mol. The summed E-state index contributed by atoms with van der Waals surface area (Å²) in [6.07, 6.45) is 5.84. The first kappa shape index (κ1) is 12.0. The molecule has 2 atom stereocenters. The van der Waals surface area contributed by atoms with E-state index in [0.29, 0.717) is 6.10 Å². The smallest absolute Gasteiger partial charge is 0.0602 e. The quantitative estimate of drug-likeness (QED) is 0.665. The van der Waals surface area contributed by atoms with Gasteiger partial charge in [0.25, 0.3) is 0 Å². The van der Waals surface area contributed by atoms with Gasteiger partial charge in [-0.3, -0.25) is 0 Å². The molecule has 1 rings (SSSR count). The van der Waals surface area contributed by atoms with Crippen molar-refractivity contribution in [2.24, 2.45) is 11.8 Å². The summed E-state index contributed by atoms with van der Waals surface area (Å²) in [5.41, 5.74) is 0.0391. The lowest BCUT2D eigenvalue weighted by Crippen LogP contribution is -2.25. The van der Waals surface area contributed by atoms with E-state index in [2.05, 4.69) is 34.6 Å². The van der Waals surface area contributed by atoms with Crippen molar-refractivity contribution in [2.75, 3.05) is 0 Å². The Bertz CT molecular complexity index is 167. The van der Waals surface area contributed by atoms with Crippen LogP contribution >= 0.6 is 0 Å². The van der Waals surface area contributed by atoms with Gasteiger partial charge in [-0.1, -0.05) is 13.8 Å². The summed E-state index contributed by atoms with van der Waals surface area (Å²) in [4.78, 5) is 0. The van der Waals surface area contributed by atoms with Crippen LogP contribution in [0.5, 0.6) is 0 Å². The molecule has 2 unspecified atom stereocenters. The maximum atomic E-state index is 6.01. The Hall–Kier alpha value is -0.0400. The summed E-state index contributed by atoms with van der Waals surface area (Å²) < 4.78 is 6.01. The van der Waals surface area contributed by atoms with Crippen molar-refractivity contribution in [2.45, 2.75) is 72.0 Å². The van der Waals surface area contributed by atoms with E-state index in [4.69, 9.17) is 4.74 Å². The maximum absolute atomic E-state index is 6.01. The van der Waals surface area contributed by atoms with Crippen LogP contribution in [0, 0.1) is 11.8 Å². The van der Waals surface area contributed by atoms with Gasteiger partial charge in [-0.15, -0.1) is 0 Å². The van der Waals surface area contributed by atoms with Gasteiger partial charge in [-0.25, -0.2) is 0 Å². The van der Waals surface area contributed by atoms with Crippen LogP contribution in [-0.2, 0) is 4.74 Å². The number of hydrogen-bond acceptors (Lipinski definition) is 1. The lowest BCUT2D eigenvalue weighted by molar-refractivity contribution is -0.0576. The topological polar surface area (TPSA) is 9.23 Å². The molecule has 0 saturated heterocycles. The monoisotopic (exact) mass is 198 g/mol. The van der Waals surface area contributed by atoms with Crippen molar-refractivity contribution >= 4 is 0 Å². The summed E-state index contributed by atoms with van der Waals surface area (Å²) in [5.74, 6) is 1.76. The third-order valence-electron chi connectivity index (χ3n) is 2.82. The van der Waals surface area contributed by atoms with E-state index >= 15 is 0 Å². The Kier molecular flexibility index (Phi) is 4.00. The van der Waals surface area contributed by atoms with Crippen LogP contribution in [0.3, 0.4) is 0 Å². The highest BCUT2D eigenvalue weighted by atomic mass is 16.5. The van der Waals surface area contributed by atoms with Gasteiger partial charge in [0.15, 0.2) is 0 Å². The van der Waals surface area contributed by atoms with Crippen LogP contribution in [0.25, 0.3) is 0 Å². The Balaban J connectivity index is 2.27. The Labute approximate surface area is 89.2 Å². The molecule has 0 aromatic carbocycles. The van der Waals surface area contributed by atoms with Gasteiger partial charge in [0.1, 0.15) is 0 Å². The minimum atomic E-state index is 0.0391. The van der Waals surface area contributed by atoms with Crippen LogP contribution in [0.15, 0.2) is 0 Å². The van der Waals surface area contributed by atoms with E-state index in [-0.39, 0.29) is 5.60 Å². The highest BCUT2D eigenvalue weighted by Crippen LogP contribution is 2.34. The fourth-order valence-corrected chi connectivity index (χ4v) is 2.52. The molecule has 0 aromatic heterocycles. The van der Waals surface area contributed by atoms with Gasteiger partial charge in [0, 0.05) is 0 Å². The average molecular weight is 198 g/mol. The molecule has 0 spiro atoms. The van der Waals surface area contributed by atoms with Crippen molar-refractivity contribution in [1.29, 1.82) is 0 Å². The molecule has 0 heterocycles. The highest BCUT2D eigenvalue weighted by molar-refractivity contribution is 4.79. The summed E-state index contributed by atoms with van der Waals surface area (Å²) in [6, 6.07) is 0. The molecule has 0 N–H and O–H groups in total. The molecule has 1 fully saturated rings. The minimum absolute atomic E-state index is 0.0391. The van der Waals surface area contributed by atoms with E-state index in [1.807, 2.05) is 0 Å². The van der Waals surface area contributed by atoms with Crippen molar-refractivity contribution < 1.29 is 4.74 Å². The largest absolute Gasteiger partial charge is 0.373 e. The highest BCUT2D eigenvalue weighted by Gasteiger charge is 2.28. The SMILES string of the molecule is CC(C)CC1CCC(OC(C)(C)C)C1. The number of ether oxygens (including phenoxy) is 1. The fraction of sp³-hybridized carbons (Fsp3) is 1.00. The third-order valence-corrected chi connectivity index (χ3v) is 2.82. The number of rotatable bonds is 3. The zero-order chi connectivity index (χ0) is 10.8. The molecule has 14 heavy (non-hydrogen) atoms. The standard InChI is InChI=1S/C13H26O/c1-10(2)8-11-6-7-12(9-11)14-13(3,4)5/h10-12H,6-9H2,1-5H3. The maximum Gasteiger partial charge on any atom is 0.0602 e. The Morgan fingerprint density at radius 3 is 2.36 bits per heavy atom. The van der Waals surface area contributed by atoms with Crippen LogP contribution in [0.4, 0.5) is 0 Å². The number of hydrogen-bond donors (Lipinski definition) is 0. The predicted octanol–water partition coefficient (Wildman–Crippen LogP) is 4.02. The molecule has 0 amide bonds. The van der Waals surface area contributed by atoms with Gasteiger partial charge in [-0.2, -0.15) is 0 Å². The van der Waals surface area contributed by atoms with Gasteiger partial charge >= 0.3 is 0 Å². The lowest BCUT2D eigenvalue weighted by Gasteiger charge is -2.25. The second kappa shape index (κ2) is 4.65. The second-order valence-corrected chi connectivity index (χ2v) is 6.16. The van der Waals surface area contributed by atoms with Crippen LogP contribution in [-0.4, -0.2) is 11.7 Å². The molecule has 0 aliphatic heterocycles. The van der Waals surface area contributed by atoms with Crippen molar-refractivity contribution in [3.63, 3.8) is 0 Å². The molecule has 1 saturated carbocycles. The van der Waals surface area contributed by atoms with E-state index in [0.717, 1.165) is 11.8 Å². The third kappa shape index (κ3) is 4.45. The zero-order valence-corrected chi connectivity index (χ0v) is 10.5. The normalized spacial score (nSPS) is 28.7. The molecule has 1 aliphatic rings. The van der Waals surface area contributed by atoms with E-state index < -0.39 is 0 Å². The zero-order valence-electron chi connectivity index (χ0n) is 10.5. The molecular weight excluding hydrogens is 172 g/mol. The van der Waals surface area contributed by atoms with E-state index in [1.54, 1.807) is 0 Å². The van der Waals surface area contributed by atoms with E-state index in [9.17, 15) is 0 Å². The molecule has 84 valence electrons. The van der Waals surface area contributed by atoms with E-state index in [1.165, 1.54) is 25.7 Å². The van der Waals surface area contributed by atoms with Crippen LogP contribution in [0.1, 0.15) is 60.3 Å². The van der Waals surface area contributed by atoms with Gasteiger partial charge in [0.2, 0.25) is 0 Å². The van der Waals surface area contributed by atoms with Crippen molar-refractivity contribution in [3.05, 3.63) is 0 Å². The van der Waals surface area contributed by atoms with Gasteiger partial charge < -0.3 is 4.74 Å². The first-order chi connectivity index (χ1) is 6.37. The molecule has 0 bridgehead atoms. The summed E-state index contributed by atoms with van der Waals surface area (Å²) in [5, 5.41) is 0. The molecule has 1 heteroatoms.